The van der Waals surface area contributed by atoms with E-state index in [0.717, 1.165) is 25.7 Å². The van der Waals surface area contributed by atoms with Crippen LogP contribution in [-0.2, 0) is 4.79 Å². The SMILES string of the molecule is N#Cc1ccc(Cl)cc1OCC(=O)C1CCCCC1. The van der Waals surface area contributed by atoms with Crippen LogP contribution in [-0.4, -0.2) is 12.4 Å². The molecule has 100 valence electrons. The first-order chi connectivity index (χ1) is 9.20. The van der Waals surface area contributed by atoms with Gasteiger partial charge in [-0.05, 0) is 25.0 Å². The number of Topliss-reactive ketones (excluding diaryl/α,β-unsaturated/α-hetero) is 1. The second-order valence-corrected chi connectivity index (χ2v) is 5.28. The first-order valence-electron chi connectivity index (χ1n) is 6.56. The molecule has 0 radical (unpaired) electrons. The summed E-state index contributed by atoms with van der Waals surface area (Å²) in [7, 11) is 0. The molecule has 0 unspecified atom stereocenters. The Morgan fingerprint density at radius 1 is 1.37 bits per heavy atom. The van der Waals surface area contributed by atoms with Crippen LogP contribution in [0.25, 0.3) is 0 Å². The Morgan fingerprint density at radius 3 is 2.79 bits per heavy atom. The molecule has 0 aliphatic heterocycles. The molecule has 0 bridgehead atoms. The lowest BCUT2D eigenvalue weighted by Gasteiger charge is -2.20. The molecular weight excluding hydrogens is 262 g/mol. The number of rotatable bonds is 4. The highest BCUT2D eigenvalue weighted by atomic mass is 35.5. The molecule has 19 heavy (non-hydrogen) atoms. The quantitative estimate of drug-likeness (QED) is 0.842. The van der Waals surface area contributed by atoms with Crippen LogP contribution in [0.15, 0.2) is 18.2 Å². The first-order valence-corrected chi connectivity index (χ1v) is 6.93. The lowest BCUT2D eigenvalue weighted by Crippen LogP contribution is -2.23. The van der Waals surface area contributed by atoms with E-state index in [-0.39, 0.29) is 18.3 Å². The van der Waals surface area contributed by atoms with Gasteiger partial charge in [0.15, 0.2) is 5.78 Å². The molecule has 2 rings (SSSR count). The minimum atomic E-state index is 0.0275. The van der Waals surface area contributed by atoms with Crippen molar-refractivity contribution in [2.45, 2.75) is 32.1 Å². The highest BCUT2D eigenvalue weighted by Crippen LogP contribution is 2.26. The highest BCUT2D eigenvalue weighted by molar-refractivity contribution is 6.30. The fraction of sp³-hybridized carbons (Fsp3) is 0.467. The molecule has 0 N–H and O–H groups in total. The van der Waals surface area contributed by atoms with Gasteiger partial charge in [-0.2, -0.15) is 5.26 Å². The summed E-state index contributed by atoms with van der Waals surface area (Å²) in [4.78, 5) is 12.0. The molecule has 1 aromatic rings. The van der Waals surface area contributed by atoms with Crippen molar-refractivity contribution in [1.82, 2.24) is 0 Å². The number of benzene rings is 1. The van der Waals surface area contributed by atoms with Crippen molar-refractivity contribution < 1.29 is 9.53 Å². The second kappa shape index (κ2) is 6.58. The molecule has 1 aromatic carbocycles. The standard InChI is InChI=1S/C15H16ClNO2/c16-13-7-6-12(9-17)15(8-13)19-10-14(18)11-4-2-1-3-5-11/h6-8,11H,1-5,10H2. The number of ether oxygens (including phenoxy) is 1. The van der Waals surface area contributed by atoms with E-state index < -0.39 is 0 Å². The summed E-state index contributed by atoms with van der Waals surface area (Å²) in [5, 5.41) is 9.46. The third-order valence-corrected chi connectivity index (χ3v) is 3.73. The molecule has 1 fully saturated rings. The van der Waals surface area contributed by atoms with Crippen molar-refractivity contribution in [3.05, 3.63) is 28.8 Å². The van der Waals surface area contributed by atoms with Crippen LogP contribution in [0.1, 0.15) is 37.7 Å². The predicted octanol–water partition coefficient (Wildman–Crippen LogP) is 3.74. The molecule has 1 aliphatic rings. The molecule has 0 heterocycles. The third-order valence-electron chi connectivity index (χ3n) is 3.49. The summed E-state index contributed by atoms with van der Waals surface area (Å²) in [6.45, 7) is 0.0275. The molecule has 0 spiro atoms. The predicted molar refractivity (Wildman–Crippen MR) is 73.2 cm³/mol. The molecule has 0 aromatic heterocycles. The summed E-state index contributed by atoms with van der Waals surface area (Å²) < 4.78 is 5.47. The van der Waals surface area contributed by atoms with Gasteiger partial charge in [-0.1, -0.05) is 30.9 Å². The number of carbonyl (C=O) groups excluding carboxylic acids is 1. The van der Waals surface area contributed by atoms with E-state index >= 15 is 0 Å². The molecule has 1 saturated carbocycles. The van der Waals surface area contributed by atoms with Gasteiger partial charge in [0.25, 0.3) is 0 Å². The van der Waals surface area contributed by atoms with Gasteiger partial charge in [-0.3, -0.25) is 4.79 Å². The van der Waals surface area contributed by atoms with Crippen molar-refractivity contribution in [3.8, 4) is 11.8 Å². The van der Waals surface area contributed by atoms with Crippen LogP contribution in [0.5, 0.6) is 5.75 Å². The van der Waals surface area contributed by atoms with Gasteiger partial charge in [0.05, 0.1) is 5.56 Å². The Bertz CT molecular complexity index is 501. The van der Waals surface area contributed by atoms with Gasteiger partial charge < -0.3 is 4.74 Å². The zero-order chi connectivity index (χ0) is 13.7. The topological polar surface area (TPSA) is 50.1 Å². The number of hydrogen-bond acceptors (Lipinski definition) is 3. The number of nitriles is 1. The zero-order valence-electron chi connectivity index (χ0n) is 10.7. The van der Waals surface area contributed by atoms with Gasteiger partial charge in [-0.25, -0.2) is 0 Å². The third kappa shape index (κ3) is 3.71. The van der Waals surface area contributed by atoms with E-state index in [4.69, 9.17) is 21.6 Å². The van der Waals surface area contributed by atoms with E-state index in [9.17, 15) is 4.79 Å². The van der Waals surface area contributed by atoms with E-state index in [0.29, 0.717) is 16.3 Å². The molecule has 0 saturated heterocycles. The maximum Gasteiger partial charge on any atom is 0.173 e. The van der Waals surface area contributed by atoms with Crippen LogP contribution in [0.2, 0.25) is 5.02 Å². The largest absolute Gasteiger partial charge is 0.484 e. The fourth-order valence-corrected chi connectivity index (χ4v) is 2.56. The maximum atomic E-state index is 12.0. The summed E-state index contributed by atoms with van der Waals surface area (Å²) in [6, 6.07) is 6.84. The van der Waals surface area contributed by atoms with Crippen LogP contribution < -0.4 is 4.74 Å². The van der Waals surface area contributed by atoms with Gasteiger partial charge in [0.2, 0.25) is 0 Å². The van der Waals surface area contributed by atoms with Crippen molar-refractivity contribution in [2.24, 2.45) is 5.92 Å². The lowest BCUT2D eigenvalue weighted by atomic mass is 9.86. The maximum absolute atomic E-state index is 12.0. The Labute approximate surface area is 118 Å². The van der Waals surface area contributed by atoms with Crippen molar-refractivity contribution in [1.29, 1.82) is 5.26 Å². The van der Waals surface area contributed by atoms with Crippen molar-refractivity contribution in [2.75, 3.05) is 6.61 Å². The van der Waals surface area contributed by atoms with Crippen molar-refractivity contribution >= 4 is 17.4 Å². The number of halogens is 1. The van der Waals surface area contributed by atoms with Gasteiger partial charge in [0.1, 0.15) is 18.4 Å². The summed E-state index contributed by atoms with van der Waals surface area (Å²) in [5.41, 5.74) is 0.404. The van der Waals surface area contributed by atoms with E-state index in [1.165, 1.54) is 6.42 Å². The number of hydrogen-bond donors (Lipinski definition) is 0. The molecular formula is C15H16ClNO2. The van der Waals surface area contributed by atoms with E-state index in [1.807, 2.05) is 6.07 Å². The Hall–Kier alpha value is -1.53. The Kier molecular flexibility index (Phi) is 4.81. The van der Waals surface area contributed by atoms with Crippen molar-refractivity contribution in [3.63, 3.8) is 0 Å². The smallest absolute Gasteiger partial charge is 0.173 e. The normalized spacial score (nSPS) is 15.8. The average Bonchev–Trinajstić information content (AvgIpc) is 2.46. The number of carbonyl (C=O) groups is 1. The first kappa shape index (κ1) is 13.9. The van der Waals surface area contributed by atoms with Gasteiger partial charge >= 0.3 is 0 Å². The summed E-state index contributed by atoms with van der Waals surface area (Å²) >= 11 is 5.86. The molecule has 1 aliphatic carbocycles. The Morgan fingerprint density at radius 2 is 2.11 bits per heavy atom. The zero-order valence-corrected chi connectivity index (χ0v) is 11.4. The number of ketones is 1. The van der Waals surface area contributed by atoms with Crippen LogP contribution in [0, 0.1) is 17.2 Å². The summed E-state index contributed by atoms with van der Waals surface area (Å²) in [5.74, 6) is 0.640. The fourth-order valence-electron chi connectivity index (χ4n) is 2.40. The van der Waals surface area contributed by atoms with Gasteiger partial charge in [-0.15, -0.1) is 0 Å². The Balaban J connectivity index is 1.96. The van der Waals surface area contributed by atoms with Crippen LogP contribution in [0.3, 0.4) is 0 Å². The van der Waals surface area contributed by atoms with E-state index in [2.05, 4.69) is 0 Å². The molecule has 4 heteroatoms. The van der Waals surface area contributed by atoms with Crippen LogP contribution >= 0.6 is 11.6 Å². The molecule has 0 atom stereocenters. The minimum Gasteiger partial charge on any atom is -0.484 e. The average molecular weight is 278 g/mol. The molecule has 3 nitrogen and oxygen atoms in total. The highest BCUT2D eigenvalue weighted by Gasteiger charge is 2.21. The van der Waals surface area contributed by atoms with Crippen LogP contribution in [0.4, 0.5) is 0 Å². The van der Waals surface area contributed by atoms with Gasteiger partial charge in [0, 0.05) is 17.0 Å². The summed E-state index contributed by atoms with van der Waals surface area (Å²) in [6.07, 6.45) is 5.39. The van der Waals surface area contributed by atoms with E-state index in [1.54, 1.807) is 18.2 Å². The lowest BCUT2D eigenvalue weighted by molar-refractivity contribution is -0.125. The molecule has 0 amide bonds. The number of nitrogens with zero attached hydrogens (tertiary/aromatic N) is 1. The monoisotopic (exact) mass is 277 g/mol. The minimum absolute atomic E-state index is 0.0275. The second-order valence-electron chi connectivity index (χ2n) is 4.84.